The minimum atomic E-state index is 0.583. The van der Waals surface area contributed by atoms with Gasteiger partial charge in [-0.1, -0.05) is 12.1 Å². The largest absolute Gasteiger partial charge is 0.326 e. The van der Waals surface area contributed by atoms with Crippen molar-refractivity contribution in [3.63, 3.8) is 0 Å². The van der Waals surface area contributed by atoms with Crippen molar-refractivity contribution in [1.82, 2.24) is 9.78 Å². The van der Waals surface area contributed by atoms with Crippen molar-refractivity contribution in [2.24, 2.45) is 5.73 Å². The summed E-state index contributed by atoms with van der Waals surface area (Å²) >= 11 is 0. The van der Waals surface area contributed by atoms with Gasteiger partial charge in [-0.2, -0.15) is 5.10 Å². The lowest BCUT2D eigenvalue weighted by Gasteiger charge is -2.07. The molecule has 78 valence electrons. The molecule has 0 aliphatic rings. The molecule has 0 aliphatic heterocycles. The number of rotatable bonds is 2. The third-order valence-electron chi connectivity index (χ3n) is 2.47. The van der Waals surface area contributed by atoms with Gasteiger partial charge < -0.3 is 5.73 Å². The molecule has 2 N–H and O–H groups in total. The molecule has 2 aromatic rings. The van der Waals surface area contributed by atoms with Crippen molar-refractivity contribution in [2.75, 3.05) is 0 Å². The van der Waals surface area contributed by atoms with Crippen LogP contribution in [-0.4, -0.2) is 9.78 Å². The van der Waals surface area contributed by atoms with Crippen LogP contribution in [0, 0.1) is 13.8 Å². The number of nitrogens with zero attached hydrogens (tertiary/aromatic N) is 2. The third-order valence-corrected chi connectivity index (χ3v) is 2.47. The summed E-state index contributed by atoms with van der Waals surface area (Å²) in [5.74, 6) is 0. The Morgan fingerprint density at radius 1 is 1.27 bits per heavy atom. The highest BCUT2D eigenvalue weighted by Crippen LogP contribution is 2.15. The van der Waals surface area contributed by atoms with Gasteiger partial charge >= 0.3 is 0 Å². The zero-order chi connectivity index (χ0) is 10.8. The van der Waals surface area contributed by atoms with Crippen molar-refractivity contribution >= 4 is 0 Å². The Hall–Kier alpha value is -1.61. The predicted molar refractivity (Wildman–Crippen MR) is 60.9 cm³/mol. The van der Waals surface area contributed by atoms with Crippen LogP contribution in [0.25, 0.3) is 5.69 Å². The molecule has 0 saturated carbocycles. The number of benzene rings is 1. The van der Waals surface area contributed by atoms with E-state index in [9.17, 15) is 0 Å². The van der Waals surface area contributed by atoms with Crippen LogP contribution >= 0.6 is 0 Å². The highest BCUT2D eigenvalue weighted by atomic mass is 15.3. The predicted octanol–water partition coefficient (Wildman–Crippen LogP) is 1.95. The van der Waals surface area contributed by atoms with Gasteiger partial charge in [0, 0.05) is 12.7 Å². The van der Waals surface area contributed by atoms with Crippen LogP contribution in [0.2, 0.25) is 0 Å². The van der Waals surface area contributed by atoms with E-state index < -0.39 is 0 Å². The van der Waals surface area contributed by atoms with Gasteiger partial charge in [0.1, 0.15) is 0 Å². The van der Waals surface area contributed by atoms with Crippen molar-refractivity contribution in [3.8, 4) is 5.69 Å². The lowest BCUT2D eigenvalue weighted by Crippen LogP contribution is -2.01. The molecule has 1 heterocycles. The topological polar surface area (TPSA) is 43.8 Å². The number of aryl methyl sites for hydroxylation is 2. The first-order chi connectivity index (χ1) is 7.20. The van der Waals surface area contributed by atoms with Crippen molar-refractivity contribution in [2.45, 2.75) is 20.4 Å². The van der Waals surface area contributed by atoms with Crippen LogP contribution in [0.5, 0.6) is 0 Å². The zero-order valence-electron chi connectivity index (χ0n) is 9.07. The van der Waals surface area contributed by atoms with Crippen molar-refractivity contribution in [1.29, 1.82) is 0 Å². The molecule has 0 amide bonds. The number of nitrogens with two attached hydrogens (primary N) is 1. The number of hydrogen-bond acceptors (Lipinski definition) is 2. The summed E-state index contributed by atoms with van der Waals surface area (Å²) in [6.45, 7) is 4.64. The lowest BCUT2D eigenvalue weighted by molar-refractivity contribution is 0.854. The summed E-state index contributed by atoms with van der Waals surface area (Å²) in [6, 6.07) is 8.20. The number of hydrogen-bond donors (Lipinski definition) is 1. The summed E-state index contributed by atoms with van der Waals surface area (Å²) < 4.78 is 1.89. The second-order valence-electron chi connectivity index (χ2n) is 3.73. The third kappa shape index (κ3) is 1.92. The van der Waals surface area contributed by atoms with E-state index in [0.29, 0.717) is 6.54 Å². The summed E-state index contributed by atoms with van der Waals surface area (Å²) in [4.78, 5) is 0. The Morgan fingerprint density at radius 2 is 2.07 bits per heavy atom. The fourth-order valence-electron chi connectivity index (χ4n) is 1.65. The molecular formula is C12H15N3. The molecule has 0 saturated heterocycles. The van der Waals surface area contributed by atoms with Crippen molar-refractivity contribution < 1.29 is 0 Å². The molecular weight excluding hydrogens is 186 g/mol. The van der Waals surface area contributed by atoms with Gasteiger partial charge in [-0.15, -0.1) is 0 Å². The molecule has 0 radical (unpaired) electrons. The molecule has 1 aromatic heterocycles. The fraction of sp³-hybridized carbons (Fsp3) is 0.250. The molecule has 0 atom stereocenters. The quantitative estimate of drug-likeness (QED) is 0.807. The van der Waals surface area contributed by atoms with Crippen LogP contribution in [0.1, 0.15) is 16.8 Å². The van der Waals surface area contributed by atoms with Gasteiger partial charge in [0.05, 0.1) is 11.4 Å². The smallest absolute Gasteiger partial charge is 0.0675 e. The Balaban J connectivity index is 2.45. The average Bonchev–Trinajstić information content (AvgIpc) is 2.64. The molecule has 0 spiro atoms. The van der Waals surface area contributed by atoms with E-state index in [-0.39, 0.29) is 0 Å². The molecule has 1 aromatic carbocycles. The monoisotopic (exact) mass is 201 g/mol. The molecule has 0 bridgehead atoms. The highest BCUT2D eigenvalue weighted by Gasteiger charge is 2.02. The Labute approximate surface area is 89.5 Å². The first kappa shape index (κ1) is 9.93. The fourth-order valence-corrected chi connectivity index (χ4v) is 1.65. The minimum absolute atomic E-state index is 0.583. The first-order valence-corrected chi connectivity index (χ1v) is 5.03. The Morgan fingerprint density at radius 3 is 2.60 bits per heavy atom. The standard InChI is InChI=1S/C12H15N3/c1-9-7-11(8-13)3-4-12(9)15-6-5-10(2)14-15/h3-7H,8,13H2,1-2H3. The van der Waals surface area contributed by atoms with E-state index in [1.165, 1.54) is 5.56 Å². The molecule has 15 heavy (non-hydrogen) atoms. The maximum atomic E-state index is 5.59. The highest BCUT2D eigenvalue weighted by molar-refractivity contribution is 5.42. The van der Waals surface area contributed by atoms with Crippen LogP contribution in [0.15, 0.2) is 30.5 Å². The van der Waals surface area contributed by atoms with Gasteiger partial charge in [0.25, 0.3) is 0 Å². The molecule has 2 rings (SSSR count). The summed E-state index contributed by atoms with van der Waals surface area (Å²) in [7, 11) is 0. The van der Waals surface area contributed by atoms with E-state index in [4.69, 9.17) is 5.73 Å². The van der Waals surface area contributed by atoms with Crippen LogP contribution in [0.4, 0.5) is 0 Å². The van der Waals surface area contributed by atoms with Gasteiger partial charge in [-0.25, -0.2) is 4.68 Å². The molecule has 0 aliphatic carbocycles. The molecule has 0 fully saturated rings. The summed E-state index contributed by atoms with van der Waals surface area (Å²) in [5.41, 5.74) is 10.1. The maximum Gasteiger partial charge on any atom is 0.0675 e. The molecule has 0 unspecified atom stereocenters. The van der Waals surface area contributed by atoms with Gasteiger partial charge in [-0.05, 0) is 37.1 Å². The van der Waals surface area contributed by atoms with Crippen LogP contribution < -0.4 is 5.73 Å². The summed E-state index contributed by atoms with van der Waals surface area (Å²) in [6.07, 6.45) is 1.97. The first-order valence-electron chi connectivity index (χ1n) is 5.03. The Bertz CT molecular complexity index is 471. The van der Waals surface area contributed by atoms with E-state index in [0.717, 1.165) is 16.9 Å². The Kier molecular flexibility index (Phi) is 2.56. The van der Waals surface area contributed by atoms with Gasteiger partial charge in [-0.3, -0.25) is 0 Å². The average molecular weight is 201 g/mol. The van der Waals surface area contributed by atoms with Gasteiger partial charge in [0.2, 0.25) is 0 Å². The normalized spacial score (nSPS) is 10.6. The van der Waals surface area contributed by atoms with E-state index in [1.807, 2.05) is 29.9 Å². The lowest BCUT2D eigenvalue weighted by atomic mass is 10.1. The van der Waals surface area contributed by atoms with Crippen LogP contribution in [0.3, 0.4) is 0 Å². The minimum Gasteiger partial charge on any atom is -0.326 e. The maximum absolute atomic E-state index is 5.59. The number of aromatic nitrogens is 2. The molecule has 3 heteroatoms. The molecule has 3 nitrogen and oxygen atoms in total. The summed E-state index contributed by atoms with van der Waals surface area (Å²) in [5, 5.41) is 4.38. The zero-order valence-corrected chi connectivity index (χ0v) is 9.07. The van der Waals surface area contributed by atoms with Crippen LogP contribution in [-0.2, 0) is 6.54 Å². The second-order valence-corrected chi connectivity index (χ2v) is 3.73. The SMILES string of the molecule is Cc1ccn(-c2ccc(CN)cc2C)n1. The van der Waals surface area contributed by atoms with Gasteiger partial charge in [0.15, 0.2) is 0 Å². The second kappa shape index (κ2) is 3.87. The van der Waals surface area contributed by atoms with E-state index in [1.54, 1.807) is 0 Å². The van der Waals surface area contributed by atoms with E-state index >= 15 is 0 Å². The van der Waals surface area contributed by atoms with Crippen molar-refractivity contribution in [3.05, 3.63) is 47.3 Å². The van der Waals surface area contributed by atoms with E-state index in [2.05, 4.69) is 24.2 Å².